The summed E-state index contributed by atoms with van der Waals surface area (Å²) >= 11 is 0. The van der Waals surface area contributed by atoms with E-state index in [9.17, 15) is 9.90 Å². The number of phenolic OH excluding ortho intramolecular Hbond substituents is 1. The number of rotatable bonds is 1. The standard InChI is InChI=1S/C19H12O3/c20-15-8-4-3-7-14(15)18-11-16(21)19-13-6-2-1-5-12(13)9-10-17(19)22-18/h1-11,20H. The smallest absolute Gasteiger partial charge is 0.193 e. The van der Waals surface area contributed by atoms with Crippen LogP contribution in [-0.2, 0) is 0 Å². The van der Waals surface area contributed by atoms with Gasteiger partial charge in [0.25, 0.3) is 0 Å². The highest BCUT2D eigenvalue weighted by Crippen LogP contribution is 2.31. The zero-order chi connectivity index (χ0) is 15.1. The topological polar surface area (TPSA) is 50.4 Å². The molecule has 0 amide bonds. The Hall–Kier alpha value is -3.07. The van der Waals surface area contributed by atoms with Crippen LogP contribution in [0.5, 0.6) is 5.75 Å². The highest BCUT2D eigenvalue weighted by atomic mass is 16.3. The molecule has 4 aromatic rings. The lowest BCUT2D eigenvalue weighted by molar-refractivity contribution is 0.474. The van der Waals surface area contributed by atoms with Crippen molar-refractivity contribution in [1.82, 2.24) is 0 Å². The minimum Gasteiger partial charge on any atom is -0.507 e. The number of para-hydroxylation sites is 1. The average molecular weight is 288 g/mol. The van der Waals surface area contributed by atoms with Gasteiger partial charge in [0.15, 0.2) is 5.43 Å². The fraction of sp³-hybridized carbons (Fsp3) is 0. The van der Waals surface area contributed by atoms with E-state index in [0.29, 0.717) is 22.3 Å². The first kappa shape index (κ1) is 12.7. The molecule has 1 aromatic heterocycles. The zero-order valence-corrected chi connectivity index (χ0v) is 11.6. The van der Waals surface area contributed by atoms with Gasteiger partial charge < -0.3 is 9.52 Å². The molecule has 0 radical (unpaired) electrons. The van der Waals surface area contributed by atoms with E-state index in [1.54, 1.807) is 30.3 Å². The fourth-order valence-electron chi connectivity index (χ4n) is 2.74. The van der Waals surface area contributed by atoms with Gasteiger partial charge in [-0.25, -0.2) is 0 Å². The summed E-state index contributed by atoms with van der Waals surface area (Å²) in [6, 6.07) is 19.7. The number of fused-ring (bicyclic) bond motifs is 3. The molecule has 0 unspecified atom stereocenters. The van der Waals surface area contributed by atoms with Gasteiger partial charge in [-0.2, -0.15) is 0 Å². The molecule has 106 valence electrons. The van der Waals surface area contributed by atoms with Crippen LogP contribution in [-0.4, -0.2) is 5.11 Å². The summed E-state index contributed by atoms with van der Waals surface area (Å²) in [6.45, 7) is 0. The summed E-state index contributed by atoms with van der Waals surface area (Å²) in [5.74, 6) is 0.455. The van der Waals surface area contributed by atoms with Crippen LogP contribution in [0.3, 0.4) is 0 Å². The van der Waals surface area contributed by atoms with Gasteiger partial charge in [0, 0.05) is 6.07 Å². The minimum absolute atomic E-state index is 0.0887. The maximum Gasteiger partial charge on any atom is 0.193 e. The Morgan fingerprint density at radius 3 is 2.50 bits per heavy atom. The molecule has 0 saturated carbocycles. The van der Waals surface area contributed by atoms with Crippen LogP contribution < -0.4 is 5.43 Å². The molecule has 1 N–H and O–H groups in total. The number of hydrogen-bond donors (Lipinski definition) is 1. The molecule has 0 spiro atoms. The number of hydrogen-bond acceptors (Lipinski definition) is 3. The quantitative estimate of drug-likeness (QED) is 0.531. The van der Waals surface area contributed by atoms with E-state index in [-0.39, 0.29) is 11.2 Å². The van der Waals surface area contributed by atoms with Crippen molar-refractivity contribution in [3.63, 3.8) is 0 Å². The lowest BCUT2D eigenvalue weighted by Gasteiger charge is -2.07. The Morgan fingerprint density at radius 2 is 1.64 bits per heavy atom. The second-order valence-corrected chi connectivity index (χ2v) is 5.15. The third kappa shape index (κ3) is 1.87. The minimum atomic E-state index is -0.115. The predicted molar refractivity (Wildman–Crippen MR) is 87.1 cm³/mol. The average Bonchev–Trinajstić information content (AvgIpc) is 2.54. The van der Waals surface area contributed by atoms with Crippen molar-refractivity contribution in [1.29, 1.82) is 0 Å². The van der Waals surface area contributed by atoms with Gasteiger partial charge in [0.2, 0.25) is 0 Å². The van der Waals surface area contributed by atoms with Crippen LogP contribution in [0.25, 0.3) is 33.1 Å². The molecular formula is C19H12O3. The molecule has 3 nitrogen and oxygen atoms in total. The summed E-state index contributed by atoms with van der Waals surface area (Å²) in [7, 11) is 0. The molecular weight excluding hydrogens is 276 g/mol. The summed E-state index contributed by atoms with van der Waals surface area (Å²) in [5.41, 5.74) is 0.912. The third-order valence-corrected chi connectivity index (χ3v) is 3.79. The largest absolute Gasteiger partial charge is 0.507 e. The Morgan fingerprint density at radius 1 is 0.864 bits per heavy atom. The molecule has 3 heteroatoms. The highest BCUT2D eigenvalue weighted by molar-refractivity contribution is 6.05. The van der Waals surface area contributed by atoms with Crippen LogP contribution in [0.1, 0.15) is 0 Å². The van der Waals surface area contributed by atoms with E-state index in [4.69, 9.17) is 4.42 Å². The van der Waals surface area contributed by atoms with Gasteiger partial charge in [-0.05, 0) is 29.0 Å². The molecule has 0 aliphatic heterocycles. The van der Waals surface area contributed by atoms with E-state index in [1.165, 1.54) is 6.07 Å². The molecule has 0 aliphatic carbocycles. The molecule has 0 saturated heterocycles. The zero-order valence-electron chi connectivity index (χ0n) is 11.6. The number of phenols is 1. The molecule has 0 bridgehead atoms. The molecule has 0 atom stereocenters. The van der Waals surface area contributed by atoms with Gasteiger partial charge >= 0.3 is 0 Å². The van der Waals surface area contributed by atoms with Crippen molar-refractivity contribution in [2.45, 2.75) is 0 Å². The van der Waals surface area contributed by atoms with Crippen LogP contribution in [0.15, 0.2) is 75.9 Å². The molecule has 1 heterocycles. The maximum absolute atomic E-state index is 12.6. The van der Waals surface area contributed by atoms with Gasteiger partial charge in [0.05, 0.1) is 10.9 Å². The Bertz CT molecular complexity index is 1060. The van der Waals surface area contributed by atoms with E-state index in [1.807, 2.05) is 30.3 Å². The molecule has 0 aliphatic rings. The Balaban J connectivity index is 2.08. The first-order valence-electron chi connectivity index (χ1n) is 6.98. The number of aromatic hydroxyl groups is 1. The van der Waals surface area contributed by atoms with Crippen LogP contribution in [0.4, 0.5) is 0 Å². The van der Waals surface area contributed by atoms with Crippen molar-refractivity contribution in [2.24, 2.45) is 0 Å². The molecule has 22 heavy (non-hydrogen) atoms. The van der Waals surface area contributed by atoms with Crippen molar-refractivity contribution >= 4 is 21.7 Å². The first-order valence-corrected chi connectivity index (χ1v) is 6.98. The van der Waals surface area contributed by atoms with Crippen molar-refractivity contribution < 1.29 is 9.52 Å². The van der Waals surface area contributed by atoms with E-state index in [2.05, 4.69) is 0 Å². The number of benzene rings is 3. The van der Waals surface area contributed by atoms with Crippen LogP contribution >= 0.6 is 0 Å². The fourth-order valence-corrected chi connectivity index (χ4v) is 2.74. The van der Waals surface area contributed by atoms with Gasteiger partial charge in [-0.3, -0.25) is 4.79 Å². The summed E-state index contributed by atoms with van der Waals surface area (Å²) in [5, 5.41) is 12.4. The van der Waals surface area contributed by atoms with Crippen LogP contribution in [0, 0.1) is 0 Å². The van der Waals surface area contributed by atoms with E-state index >= 15 is 0 Å². The molecule has 4 rings (SSSR count). The van der Waals surface area contributed by atoms with Crippen molar-refractivity contribution in [3.05, 3.63) is 77.0 Å². The monoisotopic (exact) mass is 288 g/mol. The Kier molecular flexibility index (Phi) is 2.73. The first-order chi connectivity index (χ1) is 10.7. The van der Waals surface area contributed by atoms with Gasteiger partial charge in [-0.15, -0.1) is 0 Å². The normalized spacial score (nSPS) is 11.1. The van der Waals surface area contributed by atoms with Crippen molar-refractivity contribution in [2.75, 3.05) is 0 Å². The van der Waals surface area contributed by atoms with Crippen molar-refractivity contribution in [3.8, 4) is 17.1 Å². The lowest BCUT2D eigenvalue weighted by atomic mass is 10.0. The second-order valence-electron chi connectivity index (χ2n) is 5.15. The van der Waals surface area contributed by atoms with E-state index < -0.39 is 0 Å². The van der Waals surface area contributed by atoms with Crippen LogP contribution in [0.2, 0.25) is 0 Å². The highest BCUT2D eigenvalue weighted by Gasteiger charge is 2.11. The molecule has 0 fully saturated rings. The van der Waals surface area contributed by atoms with Gasteiger partial charge in [-0.1, -0.05) is 42.5 Å². The predicted octanol–water partition coefficient (Wildman–Crippen LogP) is 4.32. The Labute approximate surface area is 126 Å². The SMILES string of the molecule is O=c1cc(-c2ccccc2O)oc2ccc3ccccc3c12. The third-order valence-electron chi connectivity index (χ3n) is 3.79. The van der Waals surface area contributed by atoms with Gasteiger partial charge in [0.1, 0.15) is 17.1 Å². The maximum atomic E-state index is 12.6. The van der Waals surface area contributed by atoms with E-state index in [0.717, 1.165) is 10.8 Å². The molecule has 3 aromatic carbocycles. The lowest BCUT2D eigenvalue weighted by Crippen LogP contribution is -2.01. The summed E-state index contributed by atoms with van der Waals surface area (Å²) in [4.78, 5) is 12.6. The summed E-state index contributed by atoms with van der Waals surface area (Å²) in [6.07, 6.45) is 0. The summed E-state index contributed by atoms with van der Waals surface area (Å²) < 4.78 is 5.86. The second kappa shape index (κ2) is 4.74.